The van der Waals surface area contributed by atoms with Crippen LogP contribution in [0.15, 0.2) is 18.5 Å². The van der Waals surface area contributed by atoms with Gasteiger partial charge in [-0.25, -0.2) is 9.78 Å². The number of urea groups is 1. The van der Waals surface area contributed by atoms with Crippen LogP contribution in [0.25, 0.3) is 11.1 Å². The van der Waals surface area contributed by atoms with E-state index in [1.807, 2.05) is 12.3 Å². The Morgan fingerprint density at radius 1 is 1.23 bits per heavy atom. The summed E-state index contributed by atoms with van der Waals surface area (Å²) in [6.45, 7) is 6.43. The number of aromatic nitrogens is 3. The Morgan fingerprint density at radius 3 is 2.71 bits per heavy atom. The van der Waals surface area contributed by atoms with Gasteiger partial charge >= 0.3 is 6.03 Å². The second-order valence-corrected chi connectivity index (χ2v) is 10.8. The zero-order chi connectivity index (χ0) is 22.0. The fourth-order valence-corrected chi connectivity index (χ4v) is 5.14. The van der Waals surface area contributed by atoms with Crippen LogP contribution >= 0.6 is 34.2 Å². The van der Waals surface area contributed by atoms with Crippen LogP contribution in [0.2, 0.25) is 5.02 Å². The summed E-state index contributed by atoms with van der Waals surface area (Å²) in [6, 6.07) is 2.39. The molecule has 1 aliphatic heterocycles. The summed E-state index contributed by atoms with van der Waals surface area (Å²) in [5.74, 6) is 0.492. The normalized spacial score (nSPS) is 22.2. The third-order valence-corrected chi connectivity index (χ3v) is 6.99. The Kier molecular flexibility index (Phi) is 7.07. The molecule has 7 nitrogen and oxygen atoms in total. The van der Waals surface area contributed by atoms with E-state index in [1.165, 1.54) is 5.69 Å². The molecule has 2 aliphatic rings. The molecule has 0 aromatic carbocycles. The molecule has 9 heteroatoms. The van der Waals surface area contributed by atoms with Crippen LogP contribution in [0.1, 0.15) is 45.2 Å². The minimum absolute atomic E-state index is 0.184. The number of halogens is 2. The molecule has 1 aliphatic carbocycles. The van der Waals surface area contributed by atoms with Gasteiger partial charge < -0.3 is 10.6 Å². The molecule has 2 aromatic heterocycles. The quantitative estimate of drug-likeness (QED) is 0.358. The van der Waals surface area contributed by atoms with Crippen LogP contribution in [0, 0.1) is 5.41 Å². The number of anilines is 1. The van der Waals surface area contributed by atoms with Gasteiger partial charge in [0.1, 0.15) is 5.82 Å². The van der Waals surface area contributed by atoms with Crippen LogP contribution < -0.4 is 16.0 Å². The minimum atomic E-state index is -0.217. The summed E-state index contributed by atoms with van der Waals surface area (Å²) in [4.78, 5) is 16.9. The maximum Gasteiger partial charge on any atom is 0.320 e. The molecule has 1 fully saturated rings. The lowest BCUT2D eigenvalue weighted by Gasteiger charge is -2.29. The standard InChI is InChI=1S/C22H30ClIN6O/c1-22(2)10-19-17(11-27-30(19)13-22)16-9-20(26-12-18(16)23)29-21(31)28-15-5-3-14(4-6-15)25-8-7-24/h9,11-12,14-15,25H,3-8,10,13H2,1-2H3,(H2,26,28,29,31). The first-order valence-electron chi connectivity index (χ1n) is 10.9. The fraction of sp³-hybridized carbons (Fsp3) is 0.591. The molecule has 0 spiro atoms. The average molecular weight is 557 g/mol. The van der Waals surface area contributed by atoms with Gasteiger partial charge in [0.05, 0.1) is 11.2 Å². The van der Waals surface area contributed by atoms with Gasteiger partial charge in [-0.2, -0.15) is 5.10 Å². The number of nitrogens with one attached hydrogen (secondary N) is 3. The molecule has 0 unspecified atom stereocenters. The van der Waals surface area contributed by atoms with Gasteiger partial charge in [-0.15, -0.1) is 0 Å². The zero-order valence-electron chi connectivity index (χ0n) is 18.0. The molecular weight excluding hydrogens is 527 g/mol. The Balaban J connectivity index is 1.38. The topological polar surface area (TPSA) is 83.9 Å². The van der Waals surface area contributed by atoms with E-state index in [0.29, 0.717) is 16.9 Å². The number of rotatable bonds is 6. The third kappa shape index (κ3) is 5.51. The van der Waals surface area contributed by atoms with Gasteiger partial charge in [0, 0.05) is 52.6 Å². The Morgan fingerprint density at radius 2 is 1.97 bits per heavy atom. The average Bonchev–Trinajstić information content (AvgIpc) is 3.24. The monoisotopic (exact) mass is 556 g/mol. The molecule has 2 aromatic rings. The highest BCUT2D eigenvalue weighted by molar-refractivity contribution is 14.1. The Labute approximate surface area is 202 Å². The molecule has 2 amide bonds. The summed E-state index contributed by atoms with van der Waals surface area (Å²) in [6.07, 6.45) is 8.57. The van der Waals surface area contributed by atoms with E-state index >= 15 is 0 Å². The van der Waals surface area contributed by atoms with Gasteiger partial charge in [-0.1, -0.05) is 48.0 Å². The summed E-state index contributed by atoms with van der Waals surface area (Å²) in [5, 5.41) is 14.6. The van der Waals surface area contributed by atoms with Gasteiger partial charge in [-0.05, 0) is 43.6 Å². The van der Waals surface area contributed by atoms with Gasteiger partial charge in [0.2, 0.25) is 0 Å². The molecule has 0 atom stereocenters. The highest BCUT2D eigenvalue weighted by Crippen LogP contribution is 2.39. The van der Waals surface area contributed by atoms with Crippen LogP contribution in [0.3, 0.4) is 0 Å². The van der Waals surface area contributed by atoms with Gasteiger partial charge in [0.25, 0.3) is 0 Å². The van der Waals surface area contributed by atoms with Gasteiger partial charge in [-0.3, -0.25) is 10.00 Å². The highest BCUT2D eigenvalue weighted by Gasteiger charge is 2.32. The van der Waals surface area contributed by atoms with Crippen LogP contribution in [-0.2, 0) is 13.0 Å². The molecule has 1 saturated carbocycles. The maximum absolute atomic E-state index is 12.6. The lowest BCUT2D eigenvalue weighted by molar-refractivity contribution is 0.240. The predicted molar refractivity (Wildman–Crippen MR) is 133 cm³/mol. The number of alkyl halides is 1. The van der Waals surface area contributed by atoms with Crippen molar-refractivity contribution in [3.8, 4) is 11.1 Å². The molecule has 0 radical (unpaired) electrons. The third-order valence-electron chi connectivity index (χ3n) is 6.15. The summed E-state index contributed by atoms with van der Waals surface area (Å²) in [5.41, 5.74) is 3.23. The predicted octanol–water partition coefficient (Wildman–Crippen LogP) is 4.64. The second-order valence-electron chi connectivity index (χ2n) is 9.34. The van der Waals surface area contributed by atoms with Crippen molar-refractivity contribution in [3.05, 3.63) is 29.2 Å². The molecule has 4 rings (SSSR count). The van der Waals surface area contributed by atoms with Gasteiger partial charge in [0.15, 0.2) is 0 Å². The summed E-state index contributed by atoms with van der Waals surface area (Å²) in [7, 11) is 0. The zero-order valence-corrected chi connectivity index (χ0v) is 21.0. The van der Waals surface area contributed by atoms with Crippen molar-refractivity contribution < 1.29 is 4.79 Å². The first-order valence-corrected chi connectivity index (χ1v) is 12.8. The molecule has 3 N–H and O–H groups in total. The molecule has 168 valence electrons. The first-order chi connectivity index (χ1) is 14.8. The molecule has 0 saturated heterocycles. The van der Waals surface area contributed by atoms with Crippen LogP contribution in [0.5, 0.6) is 0 Å². The number of carbonyl (C=O) groups is 1. The largest absolute Gasteiger partial charge is 0.335 e. The highest BCUT2D eigenvalue weighted by atomic mass is 127. The van der Waals surface area contributed by atoms with Crippen LogP contribution in [-0.4, -0.2) is 43.9 Å². The van der Waals surface area contributed by atoms with E-state index in [2.05, 4.69) is 67.2 Å². The van der Waals surface area contributed by atoms with E-state index in [-0.39, 0.29) is 17.5 Å². The number of pyridine rings is 1. The molecule has 31 heavy (non-hydrogen) atoms. The van der Waals surface area contributed by atoms with Crippen molar-refractivity contribution in [1.29, 1.82) is 0 Å². The van der Waals surface area contributed by atoms with E-state index in [4.69, 9.17) is 11.6 Å². The summed E-state index contributed by atoms with van der Waals surface area (Å²) < 4.78 is 3.17. The number of fused-ring (bicyclic) bond motifs is 1. The molecule has 0 bridgehead atoms. The number of nitrogens with zero attached hydrogens (tertiary/aromatic N) is 3. The number of hydrogen-bond donors (Lipinski definition) is 3. The number of hydrogen-bond acceptors (Lipinski definition) is 4. The lowest BCUT2D eigenvalue weighted by atomic mass is 9.89. The Bertz CT molecular complexity index is 938. The van der Waals surface area contributed by atoms with Crippen molar-refractivity contribution in [3.63, 3.8) is 0 Å². The van der Waals surface area contributed by atoms with Crippen molar-refractivity contribution in [1.82, 2.24) is 25.4 Å². The van der Waals surface area contributed by atoms with Crippen molar-refractivity contribution in [2.24, 2.45) is 5.41 Å². The maximum atomic E-state index is 12.6. The lowest BCUT2D eigenvalue weighted by Crippen LogP contribution is -2.44. The summed E-state index contributed by atoms with van der Waals surface area (Å²) >= 11 is 8.85. The molecule has 3 heterocycles. The van der Waals surface area contributed by atoms with Crippen molar-refractivity contribution in [2.75, 3.05) is 16.3 Å². The minimum Gasteiger partial charge on any atom is -0.335 e. The van der Waals surface area contributed by atoms with E-state index in [9.17, 15) is 4.79 Å². The molecular formula is C22H30ClIN6O. The fourth-order valence-electron chi connectivity index (χ4n) is 4.62. The SMILES string of the molecule is CC1(C)Cc2c(-c3cc(NC(=O)NC4CCC(NCCI)CC4)ncc3Cl)cnn2C1. The number of amides is 2. The Hall–Kier alpha value is -1.39. The number of carbonyl (C=O) groups excluding carboxylic acids is 1. The van der Waals surface area contributed by atoms with E-state index < -0.39 is 0 Å². The first kappa shape index (κ1) is 22.8. The van der Waals surface area contributed by atoms with Crippen molar-refractivity contribution in [2.45, 2.75) is 64.6 Å². The second kappa shape index (κ2) is 9.62. The van der Waals surface area contributed by atoms with Crippen LogP contribution in [0.4, 0.5) is 10.6 Å². The van der Waals surface area contributed by atoms with E-state index in [0.717, 1.165) is 60.7 Å². The van der Waals surface area contributed by atoms with Crippen molar-refractivity contribution >= 4 is 46.0 Å². The van der Waals surface area contributed by atoms with E-state index in [1.54, 1.807) is 6.20 Å². The smallest absolute Gasteiger partial charge is 0.320 e.